The summed E-state index contributed by atoms with van der Waals surface area (Å²) in [6.45, 7) is 3.56. The Labute approximate surface area is 123 Å². The predicted molar refractivity (Wildman–Crippen MR) is 83.2 cm³/mol. The molecule has 2 N–H and O–H groups in total. The van der Waals surface area contributed by atoms with E-state index in [-0.39, 0.29) is 18.7 Å². The molecule has 0 atom stereocenters. The van der Waals surface area contributed by atoms with Gasteiger partial charge in [-0.15, -0.1) is 0 Å². The number of hydrogen-bond donors (Lipinski definition) is 2. The maximum Gasteiger partial charge on any atom is 0.303 e. The SMILES string of the molecule is CC(C)(CC(=O)O)CC(=O)Nc1ccc2ccccc2c1. The Bertz CT molecular complexity index is 677. The smallest absolute Gasteiger partial charge is 0.303 e. The maximum atomic E-state index is 12.0. The van der Waals surface area contributed by atoms with Crippen LogP contribution in [0.2, 0.25) is 0 Å². The van der Waals surface area contributed by atoms with Gasteiger partial charge in [0.1, 0.15) is 0 Å². The van der Waals surface area contributed by atoms with Crippen molar-refractivity contribution in [3.05, 3.63) is 42.5 Å². The first-order valence-electron chi connectivity index (χ1n) is 6.86. The standard InChI is InChI=1S/C17H19NO3/c1-17(2,11-16(20)21)10-15(19)18-14-8-7-12-5-3-4-6-13(12)9-14/h3-9H,10-11H2,1-2H3,(H,18,19)(H,20,21). The Balaban J connectivity index is 2.06. The summed E-state index contributed by atoms with van der Waals surface area (Å²) >= 11 is 0. The molecule has 4 nitrogen and oxygen atoms in total. The number of anilines is 1. The van der Waals surface area contributed by atoms with Gasteiger partial charge in [-0.2, -0.15) is 0 Å². The average molecular weight is 285 g/mol. The number of carboxylic acid groups (broad SMARTS) is 1. The maximum absolute atomic E-state index is 12.0. The van der Waals surface area contributed by atoms with Crippen LogP contribution in [-0.2, 0) is 9.59 Å². The highest BCUT2D eigenvalue weighted by molar-refractivity contribution is 5.94. The van der Waals surface area contributed by atoms with Gasteiger partial charge in [-0.25, -0.2) is 0 Å². The third-order valence-corrected chi connectivity index (χ3v) is 3.30. The average Bonchev–Trinajstić information content (AvgIpc) is 2.36. The monoisotopic (exact) mass is 285 g/mol. The molecule has 2 aromatic rings. The number of benzene rings is 2. The third-order valence-electron chi connectivity index (χ3n) is 3.30. The molecule has 0 aliphatic heterocycles. The number of carbonyl (C=O) groups excluding carboxylic acids is 1. The van der Waals surface area contributed by atoms with E-state index in [1.165, 1.54) is 0 Å². The number of nitrogens with one attached hydrogen (secondary N) is 1. The van der Waals surface area contributed by atoms with Gasteiger partial charge < -0.3 is 10.4 Å². The first kappa shape index (κ1) is 15.0. The summed E-state index contributed by atoms with van der Waals surface area (Å²) in [4.78, 5) is 22.8. The summed E-state index contributed by atoms with van der Waals surface area (Å²) in [5, 5.41) is 13.8. The first-order chi connectivity index (χ1) is 9.85. The molecule has 0 aliphatic rings. The highest BCUT2D eigenvalue weighted by Gasteiger charge is 2.25. The normalized spacial score (nSPS) is 11.3. The van der Waals surface area contributed by atoms with Gasteiger partial charge in [0.2, 0.25) is 5.91 Å². The quantitative estimate of drug-likeness (QED) is 0.880. The van der Waals surface area contributed by atoms with E-state index in [1.54, 1.807) is 13.8 Å². The largest absolute Gasteiger partial charge is 0.481 e. The number of hydrogen-bond acceptors (Lipinski definition) is 2. The molecule has 0 radical (unpaired) electrons. The Morgan fingerprint density at radius 3 is 2.38 bits per heavy atom. The van der Waals surface area contributed by atoms with Crippen molar-refractivity contribution in [3.63, 3.8) is 0 Å². The molecule has 0 heterocycles. The molecule has 2 aromatic carbocycles. The number of carboxylic acids is 1. The van der Waals surface area contributed by atoms with Crippen LogP contribution in [0, 0.1) is 5.41 Å². The Kier molecular flexibility index (Phi) is 4.26. The molecule has 0 aromatic heterocycles. The molecule has 0 aliphatic carbocycles. The van der Waals surface area contributed by atoms with E-state index in [1.807, 2.05) is 42.5 Å². The second-order valence-electron chi connectivity index (χ2n) is 6.02. The van der Waals surface area contributed by atoms with E-state index < -0.39 is 11.4 Å². The van der Waals surface area contributed by atoms with E-state index in [0.717, 1.165) is 16.5 Å². The fourth-order valence-electron chi connectivity index (χ4n) is 2.38. The zero-order valence-corrected chi connectivity index (χ0v) is 12.2. The van der Waals surface area contributed by atoms with Crippen molar-refractivity contribution >= 4 is 28.3 Å². The predicted octanol–water partition coefficient (Wildman–Crippen LogP) is 3.67. The minimum atomic E-state index is -0.890. The van der Waals surface area contributed by atoms with Crippen molar-refractivity contribution in [3.8, 4) is 0 Å². The molecule has 0 saturated carbocycles. The van der Waals surface area contributed by atoms with Crippen molar-refractivity contribution in [1.82, 2.24) is 0 Å². The van der Waals surface area contributed by atoms with Gasteiger partial charge in [0, 0.05) is 12.1 Å². The van der Waals surface area contributed by atoms with Crippen molar-refractivity contribution in [2.24, 2.45) is 5.41 Å². The number of carbonyl (C=O) groups is 2. The van der Waals surface area contributed by atoms with Gasteiger partial charge in [-0.05, 0) is 28.3 Å². The fourth-order valence-corrected chi connectivity index (χ4v) is 2.38. The lowest BCUT2D eigenvalue weighted by Gasteiger charge is -2.21. The molecule has 0 saturated heterocycles. The van der Waals surface area contributed by atoms with Gasteiger partial charge in [0.15, 0.2) is 0 Å². The molecule has 0 spiro atoms. The molecule has 0 fully saturated rings. The van der Waals surface area contributed by atoms with Crippen molar-refractivity contribution < 1.29 is 14.7 Å². The molecule has 110 valence electrons. The lowest BCUT2D eigenvalue weighted by atomic mass is 9.85. The molecule has 21 heavy (non-hydrogen) atoms. The Hall–Kier alpha value is -2.36. The third kappa shape index (κ3) is 4.31. The lowest BCUT2D eigenvalue weighted by molar-refractivity contribution is -0.139. The van der Waals surface area contributed by atoms with E-state index >= 15 is 0 Å². The summed E-state index contributed by atoms with van der Waals surface area (Å²) < 4.78 is 0. The second kappa shape index (κ2) is 5.95. The van der Waals surface area contributed by atoms with Crippen molar-refractivity contribution in [1.29, 1.82) is 0 Å². The van der Waals surface area contributed by atoms with E-state index in [4.69, 9.17) is 5.11 Å². The molecule has 1 amide bonds. The zero-order valence-electron chi connectivity index (χ0n) is 12.2. The van der Waals surface area contributed by atoms with Crippen molar-refractivity contribution in [2.45, 2.75) is 26.7 Å². The van der Waals surface area contributed by atoms with Crippen molar-refractivity contribution in [2.75, 3.05) is 5.32 Å². The lowest BCUT2D eigenvalue weighted by Crippen LogP contribution is -2.24. The van der Waals surface area contributed by atoms with Crippen LogP contribution < -0.4 is 5.32 Å². The van der Waals surface area contributed by atoms with Crippen LogP contribution in [0.4, 0.5) is 5.69 Å². The first-order valence-corrected chi connectivity index (χ1v) is 6.86. The number of aliphatic carboxylic acids is 1. The highest BCUT2D eigenvalue weighted by Crippen LogP contribution is 2.26. The van der Waals surface area contributed by atoms with Crippen LogP contribution in [0.3, 0.4) is 0 Å². The van der Waals surface area contributed by atoms with Gasteiger partial charge in [-0.3, -0.25) is 9.59 Å². The minimum absolute atomic E-state index is 0.0296. The molecule has 2 rings (SSSR count). The van der Waals surface area contributed by atoms with Crippen LogP contribution in [0.5, 0.6) is 0 Å². The summed E-state index contributed by atoms with van der Waals surface area (Å²) in [7, 11) is 0. The molecular weight excluding hydrogens is 266 g/mol. The summed E-state index contributed by atoms with van der Waals surface area (Å²) in [6, 6.07) is 13.6. The number of rotatable bonds is 5. The topological polar surface area (TPSA) is 66.4 Å². The van der Waals surface area contributed by atoms with Crippen LogP contribution in [0.1, 0.15) is 26.7 Å². The van der Waals surface area contributed by atoms with E-state index in [2.05, 4.69) is 5.32 Å². The summed E-state index contributed by atoms with van der Waals surface area (Å²) in [5.74, 6) is -1.06. The van der Waals surface area contributed by atoms with E-state index in [9.17, 15) is 9.59 Å². The van der Waals surface area contributed by atoms with Crippen LogP contribution >= 0.6 is 0 Å². The van der Waals surface area contributed by atoms with Crippen LogP contribution in [-0.4, -0.2) is 17.0 Å². The number of fused-ring (bicyclic) bond motifs is 1. The van der Waals surface area contributed by atoms with Gasteiger partial charge in [0.25, 0.3) is 0 Å². The second-order valence-corrected chi connectivity index (χ2v) is 6.02. The molecule has 4 heteroatoms. The van der Waals surface area contributed by atoms with Gasteiger partial charge in [-0.1, -0.05) is 44.2 Å². The summed E-state index contributed by atoms with van der Waals surface area (Å²) in [5.41, 5.74) is 0.164. The zero-order chi connectivity index (χ0) is 15.5. The molecular formula is C17H19NO3. The van der Waals surface area contributed by atoms with Gasteiger partial charge in [0.05, 0.1) is 6.42 Å². The Morgan fingerprint density at radius 2 is 1.71 bits per heavy atom. The Morgan fingerprint density at radius 1 is 1.05 bits per heavy atom. The minimum Gasteiger partial charge on any atom is -0.481 e. The fraction of sp³-hybridized carbons (Fsp3) is 0.294. The van der Waals surface area contributed by atoms with E-state index in [0.29, 0.717) is 0 Å². The molecule has 0 unspecified atom stereocenters. The highest BCUT2D eigenvalue weighted by atomic mass is 16.4. The number of amides is 1. The molecule has 0 bridgehead atoms. The van der Waals surface area contributed by atoms with Gasteiger partial charge >= 0.3 is 5.97 Å². The van der Waals surface area contributed by atoms with Crippen LogP contribution in [0.15, 0.2) is 42.5 Å². The van der Waals surface area contributed by atoms with Crippen LogP contribution in [0.25, 0.3) is 10.8 Å². The summed E-state index contributed by atoms with van der Waals surface area (Å²) in [6.07, 6.45) is 0.143.